The zero-order valence-electron chi connectivity index (χ0n) is 10.2. The van der Waals surface area contributed by atoms with Crippen LogP contribution in [-0.4, -0.2) is 17.7 Å². The summed E-state index contributed by atoms with van der Waals surface area (Å²) in [4.78, 5) is 0. The molecule has 1 aromatic rings. The van der Waals surface area contributed by atoms with Gasteiger partial charge < -0.3 is 10.4 Å². The lowest BCUT2D eigenvalue weighted by Crippen LogP contribution is -2.23. The number of phenols is 1. The van der Waals surface area contributed by atoms with Crippen LogP contribution in [-0.2, 0) is 6.42 Å². The van der Waals surface area contributed by atoms with Gasteiger partial charge >= 0.3 is 0 Å². The lowest BCUT2D eigenvalue weighted by Gasteiger charge is -2.15. The van der Waals surface area contributed by atoms with Gasteiger partial charge in [-0.05, 0) is 42.9 Å². The third kappa shape index (κ3) is 2.38. The van der Waals surface area contributed by atoms with Crippen molar-refractivity contribution in [1.29, 1.82) is 0 Å². The summed E-state index contributed by atoms with van der Waals surface area (Å²) < 4.78 is 0. The summed E-state index contributed by atoms with van der Waals surface area (Å²) in [5.74, 6) is 0.891. The molecule has 0 amide bonds. The summed E-state index contributed by atoms with van der Waals surface area (Å²) in [7, 11) is 0. The molecule has 0 saturated carbocycles. The van der Waals surface area contributed by atoms with Crippen molar-refractivity contribution in [2.24, 2.45) is 0 Å². The van der Waals surface area contributed by atoms with Gasteiger partial charge in [0.2, 0.25) is 0 Å². The van der Waals surface area contributed by atoms with Gasteiger partial charge in [-0.3, -0.25) is 0 Å². The first-order valence-electron chi connectivity index (χ1n) is 6.22. The molecule has 1 atom stereocenters. The predicted molar refractivity (Wildman–Crippen MR) is 66.9 cm³/mol. The molecule has 1 unspecified atom stereocenters. The number of para-hydroxylation sites is 1. The quantitative estimate of drug-likeness (QED) is 0.819. The van der Waals surface area contributed by atoms with Crippen LogP contribution >= 0.6 is 0 Å². The minimum Gasteiger partial charge on any atom is -0.507 e. The van der Waals surface area contributed by atoms with Crippen molar-refractivity contribution >= 4 is 0 Å². The first-order valence-corrected chi connectivity index (χ1v) is 6.22. The SMILES string of the molecule is CC(C)c1cccc(CC2CCCN2)c1O. The fraction of sp³-hybridized carbons (Fsp3) is 0.571. The Kier molecular flexibility index (Phi) is 3.49. The van der Waals surface area contributed by atoms with E-state index in [0.717, 1.165) is 24.1 Å². The maximum absolute atomic E-state index is 10.2. The molecule has 1 fully saturated rings. The van der Waals surface area contributed by atoms with E-state index >= 15 is 0 Å². The molecule has 0 bridgehead atoms. The van der Waals surface area contributed by atoms with Crippen LogP contribution in [0.1, 0.15) is 43.7 Å². The summed E-state index contributed by atoms with van der Waals surface area (Å²) in [5, 5.41) is 13.7. The van der Waals surface area contributed by atoms with Crippen LogP contribution in [0.2, 0.25) is 0 Å². The zero-order valence-corrected chi connectivity index (χ0v) is 10.2. The van der Waals surface area contributed by atoms with Crippen molar-refractivity contribution in [2.45, 2.75) is 45.1 Å². The van der Waals surface area contributed by atoms with Crippen molar-refractivity contribution in [2.75, 3.05) is 6.54 Å². The van der Waals surface area contributed by atoms with Gasteiger partial charge in [0.1, 0.15) is 5.75 Å². The summed E-state index contributed by atoms with van der Waals surface area (Å²) in [6.45, 7) is 5.36. The van der Waals surface area contributed by atoms with Crippen molar-refractivity contribution in [1.82, 2.24) is 5.32 Å². The number of aromatic hydroxyl groups is 1. The number of nitrogens with one attached hydrogen (secondary N) is 1. The Balaban J connectivity index is 2.17. The smallest absolute Gasteiger partial charge is 0.122 e. The molecule has 2 heteroatoms. The molecular formula is C14H21NO. The third-order valence-corrected chi connectivity index (χ3v) is 3.40. The van der Waals surface area contributed by atoms with E-state index in [1.54, 1.807) is 0 Å². The molecule has 2 nitrogen and oxygen atoms in total. The van der Waals surface area contributed by atoms with E-state index in [4.69, 9.17) is 0 Å². The van der Waals surface area contributed by atoms with Gasteiger partial charge in [0.15, 0.2) is 0 Å². The summed E-state index contributed by atoms with van der Waals surface area (Å²) >= 11 is 0. The Labute approximate surface area is 97.7 Å². The maximum atomic E-state index is 10.2. The molecule has 1 aliphatic rings. The van der Waals surface area contributed by atoms with Gasteiger partial charge in [-0.1, -0.05) is 32.0 Å². The number of rotatable bonds is 3. The van der Waals surface area contributed by atoms with E-state index in [0.29, 0.717) is 17.7 Å². The van der Waals surface area contributed by atoms with E-state index in [1.807, 2.05) is 12.1 Å². The standard InChI is InChI=1S/C14H21NO/c1-10(2)13-7-3-5-11(14(13)16)9-12-6-4-8-15-12/h3,5,7,10,12,15-16H,4,6,8-9H2,1-2H3. The molecular weight excluding hydrogens is 198 g/mol. The van der Waals surface area contributed by atoms with E-state index in [1.165, 1.54) is 12.8 Å². The fourth-order valence-corrected chi connectivity index (χ4v) is 2.44. The lowest BCUT2D eigenvalue weighted by atomic mass is 9.96. The van der Waals surface area contributed by atoms with E-state index in [2.05, 4.69) is 25.2 Å². The lowest BCUT2D eigenvalue weighted by molar-refractivity contribution is 0.452. The largest absolute Gasteiger partial charge is 0.507 e. The number of benzene rings is 1. The number of hydrogen-bond donors (Lipinski definition) is 2. The first-order chi connectivity index (χ1) is 7.68. The maximum Gasteiger partial charge on any atom is 0.122 e. The minimum absolute atomic E-state index is 0.386. The van der Waals surface area contributed by atoms with Gasteiger partial charge in [-0.25, -0.2) is 0 Å². The summed E-state index contributed by atoms with van der Waals surface area (Å²) in [6, 6.07) is 6.67. The highest BCUT2D eigenvalue weighted by Gasteiger charge is 2.17. The molecule has 1 heterocycles. The minimum atomic E-state index is 0.386. The molecule has 0 aromatic heterocycles. The molecule has 2 N–H and O–H groups in total. The normalized spacial score (nSPS) is 20.6. The molecule has 0 radical (unpaired) electrons. The highest BCUT2D eigenvalue weighted by Crippen LogP contribution is 2.30. The first kappa shape index (κ1) is 11.5. The fourth-order valence-electron chi connectivity index (χ4n) is 2.44. The molecule has 1 aliphatic heterocycles. The van der Waals surface area contributed by atoms with Gasteiger partial charge in [-0.15, -0.1) is 0 Å². The zero-order chi connectivity index (χ0) is 11.5. The van der Waals surface area contributed by atoms with Crippen LogP contribution in [0.4, 0.5) is 0 Å². The number of hydrogen-bond acceptors (Lipinski definition) is 2. The van der Waals surface area contributed by atoms with Crippen LogP contribution in [0.3, 0.4) is 0 Å². The van der Waals surface area contributed by atoms with Gasteiger partial charge in [-0.2, -0.15) is 0 Å². The van der Waals surface area contributed by atoms with Crippen molar-refractivity contribution in [3.63, 3.8) is 0 Å². The van der Waals surface area contributed by atoms with Crippen LogP contribution in [0.25, 0.3) is 0 Å². The van der Waals surface area contributed by atoms with E-state index in [9.17, 15) is 5.11 Å². The van der Waals surface area contributed by atoms with Crippen molar-refractivity contribution in [3.05, 3.63) is 29.3 Å². The molecule has 16 heavy (non-hydrogen) atoms. The second-order valence-corrected chi connectivity index (χ2v) is 5.01. The molecule has 2 rings (SSSR count). The highest BCUT2D eigenvalue weighted by atomic mass is 16.3. The molecule has 0 spiro atoms. The van der Waals surface area contributed by atoms with Crippen molar-refractivity contribution in [3.8, 4) is 5.75 Å². The average Bonchev–Trinajstić information content (AvgIpc) is 2.73. The van der Waals surface area contributed by atoms with Crippen LogP contribution < -0.4 is 5.32 Å². The van der Waals surface area contributed by atoms with Crippen LogP contribution in [0.15, 0.2) is 18.2 Å². The van der Waals surface area contributed by atoms with Gasteiger partial charge in [0, 0.05) is 6.04 Å². The van der Waals surface area contributed by atoms with Crippen molar-refractivity contribution < 1.29 is 5.11 Å². The number of phenolic OH excluding ortho intramolecular Hbond substituents is 1. The molecule has 1 aromatic carbocycles. The molecule has 88 valence electrons. The van der Waals surface area contributed by atoms with Crippen LogP contribution in [0, 0.1) is 0 Å². The molecule has 0 aliphatic carbocycles. The summed E-state index contributed by atoms with van der Waals surface area (Å²) in [6.07, 6.45) is 3.44. The molecule has 1 saturated heterocycles. The van der Waals surface area contributed by atoms with Crippen LogP contribution in [0.5, 0.6) is 5.75 Å². The second kappa shape index (κ2) is 4.88. The average molecular weight is 219 g/mol. The highest BCUT2D eigenvalue weighted by molar-refractivity contribution is 5.42. The Morgan fingerprint density at radius 3 is 2.88 bits per heavy atom. The Hall–Kier alpha value is -1.02. The van der Waals surface area contributed by atoms with Gasteiger partial charge in [0.05, 0.1) is 0 Å². The monoisotopic (exact) mass is 219 g/mol. The Morgan fingerprint density at radius 2 is 2.25 bits per heavy atom. The van der Waals surface area contributed by atoms with E-state index < -0.39 is 0 Å². The third-order valence-electron chi connectivity index (χ3n) is 3.40. The summed E-state index contributed by atoms with van der Waals surface area (Å²) in [5.41, 5.74) is 2.15. The van der Waals surface area contributed by atoms with Gasteiger partial charge in [0.25, 0.3) is 0 Å². The second-order valence-electron chi connectivity index (χ2n) is 5.01. The predicted octanol–water partition coefficient (Wildman–Crippen LogP) is 2.81. The van der Waals surface area contributed by atoms with E-state index in [-0.39, 0.29) is 0 Å². The Bertz CT molecular complexity index is 354. The Morgan fingerprint density at radius 1 is 1.44 bits per heavy atom. The topological polar surface area (TPSA) is 32.3 Å².